The summed E-state index contributed by atoms with van der Waals surface area (Å²) in [7, 11) is 0. The van der Waals surface area contributed by atoms with E-state index < -0.39 is 47.9 Å². The molecule has 0 radical (unpaired) electrons. The van der Waals surface area contributed by atoms with E-state index in [2.05, 4.69) is 17.2 Å². The number of likely N-dealkylation sites (tertiary alicyclic amines) is 1. The fourth-order valence-corrected chi connectivity index (χ4v) is 7.47. The number of rotatable bonds is 21. The zero-order valence-electron chi connectivity index (χ0n) is 35.4. The van der Waals surface area contributed by atoms with Crippen LogP contribution in [0.5, 0.6) is 0 Å². The van der Waals surface area contributed by atoms with Crippen molar-refractivity contribution < 1.29 is 43.3 Å². The van der Waals surface area contributed by atoms with Gasteiger partial charge in [0.1, 0.15) is 28.4 Å². The molecule has 1 fully saturated rings. The Morgan fingerprint density at radius 3 is 2.24 bits per heavy atom. The summed E-state index contributed by atoms with van der Waals surface area (Å²) in [4.78, 5) is 74.0. The molecule has 2 rings (SSSR count). The molecule has 5 atom stereocenters. The Labute approximate surface area is 333 Å². The minimum Gasteiger partial charge on any atom is -0.459 e. The quantitative estimate of drug-likeness (QED) is 0.0781. The topological polar surface area (TPSA) is 165 Å². The highest BCUT2D eigenvalue weighted by Gasteiger charge is 2.37. The lowest BCUT2D eigenvalue weighted by molar-refractivity contribution is -0.159. The minimum atomic E-state index is -1.09. The first-order valence-corrected chi connectivity index (χ1v) is 21.1. The third-order valence-corrected chi connectivity index (χ3v) is 10.6. The Hall–Kier alpha value is -3.10. The number of aliphatic hydroxyl groups excluding tert-OH is 1. The summed E-state index contributed by atoms with van der Waals surface area (Å²) in [5.41, 5.74) is -1.35. The van der Waals surface area contributed by atoms with Gasteiger partial charge in [0.25, 0.3) is 0 Å². The number of ether oxygens (including phenoxy) is 3. The molecular weight excluding hydrogens is 725 g/mol. The van der Waals surface area contributed by atoms with Crippen molar-refractivity contribution in [3.63, 3.8) is 0 Å². The number of esters is 3. The van der Waals surface area contributed by atoms with E-state index in [4.69, 9.17) is 14.2 Å². The summed E-state index contributed by atoms with van der Waals surface area (Å²) >= 11 is 1.10. The number of carbonyl (C=O) groups is 5. The van der Waals surface area contributed by atoms with Gasteiger partial charge in [-0.1, -0.05) is 66.7 Å². The second-order valence-corrected chi connectivity index (χ2v) is 18.1. The fraction of sp³-hybridized carbons (Fsp3) is 0.805. The van der Waals surface area contributed by atoms with Crippen molar-refractivity contribution in [1.29, 1.82) is 0 Å². The van der Waals surface area contributed by atoms with Gasteiger partial charge in [-0.3, -0.25) is 19.3 Å². The van der Waals surface area contributed by atoms with Crippen molar-refractivity contribution >= 4 is 41.1 Å². The molecule has 0 saturated carbocycles. The molecule has 0 unspecified atom stereocenters. The molecule has 2 amide bonds. The van der Waals surface area contributed by atoms with Crippen molar-refractivity contribution in [2.24, 2.45) is 11.8 Å². The van der Waals surface area contributed by atoms with Gasteiger partial charge in [0, 0.05) is 36.9 Å². The number of nitrogens with zero attached hydrogens (tertiary/aromatic N) is 3. The summed E-state index contributed by atoms with van der Waals surface area (Å²) in [6.07, 6.45) is 6.33. The molecule has 1 aliphatic heterocycles. The summed E-state index contributed by atoms with van der Waals surface area (Å²) in [5.74, 6) is -2.45. The molecular formula is C41H70N4O9S. The molecule has 14 heteroatoms. The van der Waals surface area contributed by atoms with Crippen LogP contribution in [0.2, 0.25) is 0 Å². The SMILES string of the molecule is CCCCCCN(C(=O)[C@@H](NC(=O)C[C@H]1CCCCN1CC(=O)OC(C)(C)C)[C@@H](C)CC)[C@H](C[C@@H](O)c1nc(C(=O)OCC(=O)OC(C)(C)C)cs1)C(C)C. The maximum absolute atomic E-state index is 14.7. The van der Waals surface area contributed by atoms with Crippen LogP contribution in [-0.2, 0) is 33.4 Å². The number of hydrogen-bond donors (Lipinski definition) is 2. The number of unbranched alkanes of at least 4 members (excludes halogenated alkanes) is 3. The maximum Gasteiger partial charge on any atom is 0.358 e. The maximum atomic E-state index is 14.7. The van der Waals surface area contributed by atoms with E-state index in [-0.39, 0.29) is 60.7 Å². The van der Waals surface area contributed by atoms with Gasteiger partial charge in [-0.05, 0) is 79.2 Å². The summed E-state index contributed by atoms with van der Waals surface area (Å²) < 4.78 is 15.9. The molecule has 1 aromatic heterocycles. The van der Waals surface area contributed by atoms with Crippen LogP contribution in [0, 0.1) is 11.8 Å². The van der Waals surface area contributed by atoms with Crippen molar-refractivity contribution in [3.05, 3.63) is 16.1 Å². The van der Waals surface area contributed by atoms with E-state index >= 15 is 0 Å². The standard InChI is InChI=1S/C41H70N4O9S/c1-12-14-15-17-21-45(31(27(3)4)23-32(46)37-42-30(26-55-37)39(51)52-25-35(49)54-41(9,10)11)38(50)36(28(5)13-2)43-33(47)22-29-19-16-18-20-44(29)24-34(48)53-40(6,7)8/h26-29,31-32,36,46H,12-25H2,1-11H3,(H,43,47)/t28-,29+,31+,32+,36-/m0/s1. The highest BCUT2D eigenvalue weighted by atomic mass is 32.1. The number of thiazole rings is 1. The first kappa shape index (κ1) is 48.0. The number of hydrogen-bond acceptors (Lipinski definition) is 12. The average molecular weight is 795 g/mol. The van der Waals surface area contributed by atoms with Crippen LogP contribution in [-0.4, -0.2) is 105 Å². The smallest absolute Gasteiger partial charge is 0.358 e. The normalized spacial score (nSPS) is 17.5. The number of carbonyl (C=O) groups excluding carboxylic acids is 5. The molecule has 0 bridgehead atoms. The van der Waals surface area contributed by atoms with Crippen LogP contribution in [0.4, 0.5) is 0 Å². The average Bonchev–Trinajstić information content (AvgIpc) is 3.58. The molecule has 0 aromatic carbocycles. The van der Waals surface area contributed by atoms with Crippen molar-refractivity contribution in [3.8, 4) is 0 Å². The molecule has 1 aromatic rings. The second-order valence-electron chi connectivity index (χ2n) is 17.2. The summed E-state index contributed by atoms with van der Waals surface area (Å²) in [6.45, 7) is 21.5. The van der Waals surface area contributed by atoms with Gasteiger partial charge in [0.05, 0.1) is 6.54 Å². The minimum absolute atomic E-state index is 0.0293. The van der Waals surface area contributed by atoms with E-state index in [1.54, 1.807) is 20.8 Å². The molecule has 0 spiro atoms. The van der Waals surface area contributed by atoms with Gasteiger partial charge in [-0.15, -0.1) is 11.3 Å². The summed E-state index contributed by atoms with van der Waals surface area (Å²) in [5, 5.41) is 16.3. The highest BCUT2D eigenvalue weighted by Crippen LogP contribution is 2.29. The number of piperidine rings is 1. The van der Waals surface area contributed by atoms with E-state index in [9.17, 15) is 29.1 Å². The van der Waals surface area contributed by atoms with Gasteiger partial charge < -0.3 is 29.5 Å². The molecule has 2 heterocycles. The number of amides is 2. The lowest BCUT2D eigenvalue weighted by Crippen LogP contribution is -2.56. The Morgan fingerprint density at radius 2 is 1.64 bits per heavy atom. The van der Waals surface area contributed by atoms with E-state index in [1.807, 2.05) is 58.3 Å². The third kappa shape index (κ3) is 17.3. The van der Waals surface area contributed by atoms with Gasteiger partial charge in [0.2, 0.25) is 11.8 Å². The molecule has 1 aliphatic rings. The van der Waals surface area contributed by atoms with Crippen LogP contribution in [0.1, 0.15) is 162 Å². The van der Waals surface area contributed by atoms with Gasteiger partial charge in [-0.2, -0.15) is 0 Å². The monoisotopic (exact) mass is 794 g/mol. The fourth-order valence-electron chi connectivity index (χ4n) is 6.69. The molecule has 1 saturated heterocycles. The first-order valence-electron chi connectivity index (χ1n) is 20.2. The van der Waals surface area contributed by atoms with E-state index in [0.717, 1.165) is 56.3 Å². The van der Waals surface area contributed by atoms with Crippen molar-refractivity contribution in [2.75, 3.05) is 26.2 Å². The van der Waals surface area contributed by atoms with Crippen LogP contribution >= 0.6 is 11.3 Å². The number of aromatic nitrogens is 1. The van der Waals surface area contributed by atoms with Crippen molar-refractivity contribution in [1.82, 2.24) is 20.1 Å². The van der Waals surface area contributed by atoms with Crippen LogP contribution < -0.4 is 5.32 Å². The molecule has 314 valence electrons. The molecule has 2 N–H and O–H groups in total. The van der Waals surface area contributed by atoms with Crippen LogP contribution in [0.25, 0.3) is 0 Å². The zero-order chi connectivity index (χ0) is 41.5. The predicted octanol–water partition coefficient (Wildman–Crippen LogP) is 6.62. The number of nitrogens with one attached hydrogen (secondary N) is 1. The molecule has 13 nitrogen and oxygen atoms in total. The third-order valence-electron chi connectivity index (χ3n) is 9.65. The van der Waals surface area contributed by atoms with E-state index in [0.29, 0.717) is 24.5 Å². The van der Waals surface area contributed by atoms with Crippen LogP contribution in [0.3, 0.4) is 0 Å². The van der Waals surface area contributed by atoms with E-state index in [1.165, 1.54) is 5.38 Å². The Morgan fingerprint density at radius 1 is 0.982 bits per heavy atom. The molecule has 0 aliphatic carbocycles. The first-order chi connectivity index (χ1) is 25.6. The van der Waals surface area contributed by atoms with Crippen LogP contribution in [0.15, 0.2) is 5.38 Å². The predicted molar refractivity (Wildman–Crippen MR) is 213 cm³/mol. The zero-order valence-corrected chi connectivity index (χ0v) is 36.2. The van der Waals surface area contributed by atoms with Gasteiger partial charge in [-0.25, -0.2) is 14.6 Å². The highest BCUT2D eigenvalue weighted by molar-refractivity contribution is 7.09. The summed E-state index contributed by atoms with van der Waals surface area (Å²) in [6, 6.07) is -1.33. The molecule has 55 heavy (non-hydrogen) atoms. The van der Waals surface area contributed by atoms with Gasteiger partial charge in [0.15, 0.2) is 12.3 Å². The Balaban J connectivity index is 2.26. The van der Waals surface area contributed by atoms with Crippen molar-refractivity contribution in [2.45, 2.75) is 176 Å². The lowest BCUT2D eigenvalue weighted by atomic mass is 9.92. The number of aliphatic hydroxyl groups is 1. The van der Waals surface area contributed by atoms with Gasteiger partial charge >= 0.3 is 17.9 Å². The second kappa shape index (κ2) is 22.6. The Bertz CT molecular complexity index is 1390. The Kier molecular flexibility index (Phi) is 19.7. The lowest BCUT2D eigenvalue weighted by Gasteiger charge is -2.39. The largest absolute Gasteiger partial charge is 0.459 e.